The highest BCUT2D eigenvalue weighted by molar-refractivity contribution is 7.90. The maximum absolute atomic E-state index is 11.9. The Morgan fingerprint density at radius 2 is 2.08 bits per heavy atom. The fraction of sp³-hybridized carbons (Fsp3) is 0.111. The number of fused-ring (bicyclic) bond motifs is 1. The summed E-state index contributed by atoms with van der Waals surface area (Å²) in [5.41, 5.74) is 8.22. The molecule has 1 aromatic heterocycles. The Hall–Kier alpha value is -3.15. The van der Waals surface area contributed by atoms with Gasteiger partial charge in [-0.1, -0.05) is 6.07 Å². The summed E-state index contributed by atoms with van der Waals surface area (Å²) in [6.07, 6.45) is 1.58. The second-order valence-electron chi connectivity index (χ2n) is 5.70. The number of nitrogens with one attached hydrogen (secondary N) is 1. The number of hydrogen-bond donors (Lipinski definition) is 2. The Morgan fingerprint density at radius 3 is 2.73 bits per heavy atom. The van der Waals surface area contributed by atoms with Crippen LogP contribution >= 0.6 is 0 Å². The van der Waals surface area contributed by atoms with Gasteiger partial charge in [-0.25, -0.2) is 0 Å². The van der Waals surface area contributed by atoms with Gasteiger partial charge in [-0.3, -0.25) is 4.79 Å². The number of aromatic nitrogens is 2. The van der Waals surface area contributed by atoms with Crippen molar-refractivity contribution in [1.82, 2.24) is 10.2 Å². The average molecular weight is 365 g/mol. The highest BCUT2D eigenvalue weighted by Gasteiger charge is 2.19. The number of benzene rings is 2. The molecule has 1 unspecified atom stereocenters. The molecule has 1 amide bonds. The molecule has 0 aliphatic rings. The van der Waals surface area contributed by atoms with E-state index in [1.807, 2.05) is 6.92 Å². The predicted molar refractivity (Wildman–Crippen MR) is 99.6 cm³/mol. The number of nitrogens with zero attached hydrogens (tertiary/aromatic N) is 3. The quantitative estimate of drug-likeness (QED) is 0.683. The summed E-state index contributed by atoms with van der Waals surface area (Å²) < 4.78 is 11.9. The van der Waals surface area contributed by atoms with Crippen molar-refractivity contribution in [3.05, 3.63) is 53.2 Å². The van der Waals surface area contributed by atoms with Gasteiger partial charge in [0, 0.05) is 17.1 Å². The van der Waals surface area contributed by atoms with Crippen LogP contribution in [0.5, 0.6) is 0 Å². The first-order valence-electron chi connectivity index (χ1n) is 7.62. The van der Waals surface area contributed by atoms with E-state index in [4.69, 9.17) is 11.0 Å². The molecule has 2 aromatic carbocycles. The molecule has 0 fully saturated rings. The van der Waals surface area contributed by atoms with Crippen LogP contribution in [0.1, 0.15) is 21.6 Å². The van der Waals surface area contributed by atoms with Gasteiger partial charge in [0.2, 0.25) is 0 Å². The van der Waals surface area contributed by atoms with E-state index >= 15 is 0 Å². The normalized spacial score (nSPS) is 11.8. The molecule has 130 valence electrons. The number of carbonyl (C=O) groups is 1. The van der Waals surface area contributed by atoms with E-state index < -0.39 is 17.1 Å². The van der Waals surface area contributed by atoms with E-state index in [-0.39, 0.29) is 5.69 Å². The number of amides is 1. The number of aryl methyl sites for hydroxylation is 1. The molecule has 0 bridgehead atoms. The Bertz CT molecular complexity index is 1060. The molecule has 0 aliphatic carbocycles. The molecular weight excluding hydrogens is 350 g/mol. The van der Waals surface area contributed by atoms with Crippen LogP contribution in [0, 0.1) is 18.3 Å². The second kappa shape index (κ2) is 7.00. The van der Waals surface area contributed by atoms with E-state index in [0.29, 0.717) is 32.7 Å². The van der Waals surface area contributed by atoms with E-state index in [2.05, 4.69) is 21.6 Å². The summed E-state index contributed by atoms with van der Waals surface area (Å²) in [4.78, 5) is 12.5. The Labute approximate surface area is 153 Å². The minimum atomic E-state index is -1.21. The predicted octanol–water partition coefficient (Wildman–Crippen LogP) is 2.39. The number of nitriles is 1. The highest BCUT2D eigenvalue weighted by atomic mass is 32.2. The lowest BCUT2D eigenvalue weighted by Crippen LogP contribution is -2.17. The van der Waals surface area contributed by atoms with Gasteiger partial charge >= 0.3 is 0 Å². The molecule has 0 saturated heterocycles. The van der Waals surface area contributed by atoms with Gasteiger partial charge in [0.05, 0.1) is 22.8 Å². The summed E-state index contributed by atoms with van der Waals surface area (Å²) in [5.74, 6) is -0.737. The van der Waals surface area contributed by atoms with Crippen LogP contribution < -0.4 is 11.1 Å². The first-order valence-corrected chi connectivity index (χ1v) is 9.18. The van der Waals surface area contributed by atoms with Crippen molar-refractivity contribution in [3.8, 4) is 6.07 Å². The van der Waals surface area contributed by atoms with Gasteiger partial charge in [0.25, 0.3) is 5.91 Å². The molecule has 1 atom stereocenters. The highest BCUT2D eigenvalue weighted by Crippen LogP contribution is 2.31. The van der Waals surface area contributed by atoms with Gasteiger partial charge in [-0.15, -0.1) is 10.2 Å². The van der Waals surface area contributed by atoms with Crippen molar-refractivity contribution in [2.24, 2.45) is 5.73 Å². The van der Waals surface area contributed by atoms with Crippen LogP contribution in [0.3, 0.4) is 0 Å². The van der Waals surface area contributed by atoms with Crippen LogP contribution in [-0.2, 0) is 11.2 Å². The molecule has 26 heavy (non-hydrogen) atoms. The fourth-order valence-corrected chi connectivity index (χ4v) is 3.25. The van der Waals surface area contributed by atoms with Gasteiger partial charge in [-0.05, 0) is 47.9 Å². The summed E-state index contributed by atoms with van der Waals surface area (Å²) in [5, 5.41) is 20.8. The molecular formula is C18H15N5O2S. The van der Waals surface area contributed by atoms with Crippen molar-refractivity contribution < 1.29 is 9.35 Å². The van der Waals surface area contributed by atoms with E-state index in [9.17, 15) is 9.35 Å². The lowest BCUT2D eigenvalue weighted by atomic mass is 10.1. The summed E-state index contributed by atoms with van der Waals surface area (Å²) in [6.45, 7) is 1.83. The third kappa shape index (κ3) is 3.31. The molecule has 3 N–H and O–H groups in total. The number of primary amides is 1. The standard InChI is InChI=1S/C18H15N5O2S/c1-10-6-13(26(2)25)8-14-15(10)22-23-17(18(20)24)16(14)21-12-5-3-4-11(7-12)9-19/h3-8H,1-2H3,(H2,20,24)(H,21,22). The number of hydrogen-bond acceptors (Lipinski definition) is 6. The Kier molecular flexibility index (Phi) is 4.75. The molecule has 3 aromatic rings. The van der Waals surface area contributed by atoms with E-state index in [1.165, 1.54) is 0 Å². The van der Waals surface area contributed by atoms with Gasteiger partial charge in [0.15, 0.2) is 10.6 Å². The van der Waals surface area contributed by atoms with Crippen LogP contribution in [0.2, 0.25) is 0 Å². The maximum Gasteiger partial charge on any atom is 0.271 e. The minimum absolute atomic E-state index is 0.0294. The van der Waals surface area contributed by atoms with E-state index in [1.54, 1.807) is 42.7 Å². The molecule has 7 nitrogen and oxygen atoms in total. The van der Waals surface area contributed by atoms with Crippen molar-refractivity contribution in [1.29, 1.82) is 5.26 Å². The number of carbonyl (C=O) groups excluding carboxylic acids is 1. The summed E-state index contributed by atoms with van der Waals surface area (Å²) in [6, 6.07) is 12.3. The molecule has 0 radical (unpaired) electrons. The smallest absolute Gasteiger partial charge is 0.271 e. The Morgan fingerprint density at radius 1 is 1.31 bits per heavy atom. The second-order valence-corrected chi connectivity index (χ2v) is 7.08. The van der Waals surface area contributed by atoms with Gasteiger partial charge < -0.3 is 15.6 Å². The molecule has 0 saturated carbocycles. The van der Waals surface area contributed by atoms with Crippen LogP contribution in [0.25, 0.3) is 10.9 Å². The molecule has 3 rings (SSSR count). The van der Waals surface area contributed by atoms with Crippen molar-refractivity contribution in [3.63, 3.8) is 0 Å². The fourth-order valence-electron chi connectivity index (χ4n) is 2.62. The average Bonchev–Trinajstić information content (AvgIpc) is 2.61. The zero-order chi connectivity index (χ0) is 18.8. The third-order valence-electron chi connectivity index (χ3n) is 3.86. The van der Waals surface area contributed by atoms with Gasteiger partial charge in [0.1, 0.15) is 6.26 Å². The van der Waals surface area contributed by atoms with E-state index in [0.717, 1.165) is 5.56 Å². The zero-order valence-electron chi connectivity index (χ0n) is 14.1. The molecule has 0 spiro atoms. The largest absolute Gasteiger partial charge is 0.612 e. The summed E-state index contributed by atoms with van der Waals surface area (Å²) >= 11 is -1.21. The third-order valence-corrected chi connectivity index (χ3v) is 4.76. The lowest BCUT2D eigenvalue weighted by Gasteiger charge is -2.14. The molecule has 8 heteroatoms. The number of anilines is 2. The van der Waals surface area contributed by atoms with Crippen molar-refractivity contribution >= 4 is 39.4 Å². The monoisotopic (exact) mass is 365 g/mol. The van der Waals surface area contributed by atoms with Crippen LogP contribution in [-0.4, -0.2) is 26.9 Å². The minimum Gasteiger partial charge on any atom is -0.612 e. The number of nitrogens with two attached hydrogens (primary N) is 1. The molecule has 1 heterocycles. The van der Waals surface area contributed by atoms with Crippen LogP contribution in [0.15, 0.2) is 41.3 Å². The SMILES string of the molecule is Cc1cc([S+](C)[O-])cc2c(Nc3cccc(C#N)c3)c(C(N)=O)nnc12. The molecule has 0 aliphatic heterocycles. The first kappa shape index (κ1) is 17.7. The maximum atomic E-state index is 11.9. The van der Waals surface area contributed by atoms with Crippen LogP contribution in [0.4, 0.5) is 11.4 Å². The van der Waals surface area contributed by atoms with Crippen molar-refractivity contribution in [2.45, 2.75) is 11.8 Å². The topological polar surface area (TPSA) is 128 Å². The summed E-state index contributed by atoms with van der Waals surface area (Å²) in [7, 11) is 0. The number of rotatable bonds is 4. The Balaban J connectivity index is 2.27. The zero-order valence-corrected chi connectivity index (χ0v) is 14.9. The first-order chi connectivity index (χ1) is 12.4. The lowest BCUT2D eigenvalue weighted by molar-refractivity contribution is 0.0995. The van der Waals surface area contributed by atoms with Crippen molar-refractivity contribution in [2.75, 3.05) is 11.6 Å². The van der Waals surface area contributed by atoms with Gasteiger partial charge in [-0.2, -0.15) is 5.26 Å².